The number of carbonyl (C=O) groups is 1. The van der Waals surface area contributed by atoms with E-state index in [0.29, 0.717) is 24.4 Å². The Morgan fingerprint density at radius 2 is 1.96 bits per heavy atom. The molecule has 0 aliphatic rings. The van der Waals surface area contributed by atoms with Crippen LogP contribution in [-0.4, -0.2) is 22.4 Å². The summed E-state index contributed by atoms with van der Waals surface area (Å²) in [5, 5.41) is 14.1. The zero-order valence-electron chi connectivity index (χ0n) is 12.7. The lowest BCUT2D eigenvalue weighted by Gasteiger charge is -2.03. The van der Waals surface area contributed by atoms with E-state index in [1.807, 2.05) is 36.4 Å². The van der Waals surface area contributed by atoms with Crippen LogP contribution >= 0.6 is 0 Å². The van der Waals surface area contributed by atoms with Crippen LogP contribution < -0.4 is 0 Å². The minimum absolute atomic E-state index is 0.315. The fourth-order valence-corrected chi connectivity index (χ4v) is 2.46. The number of aromatic nitrogens is 2. The Balaban J connectivity index is 2.00. The van der Waals surface area contributed by atoms with Gasteiger partial charge >= 0.3 is 5.97 Å². The van der Waals surface area contributed by atoms with Crippen LogP contribution in [-0.2, 0) is 11.3 Å². The molecule has 23 heavy (non-hydrogen) atoms. The molecule has 0 aliphatic heterocycles. The van der Waals surface area contributed by atoms with E-state index in [0.717, 1.165) is 16.5 Å². The first kappa shape index (κ1) is 14.8. The predicted octanol–water partition coefficient (Wildman–Crippen LogP) is 3.13. The summed E-state index contributed by atoms with van der Waals surface area (Å²) in [6, 6.07) is 17.0. The minimum Gasteiger partial charge on any atom is -0.461 e. The Labute approximate surface area is 133 Å². The van der Waals surface area contributed by atoms with Crippen LogP contribution in [0.1, 0.15) is 28.5 Å². The second kappa shape index (κ2) is 6.32. The number of nitrogens with zero attached hydrogens (tertiary/aromatic N) is 3. The Morgan fingerprint density at radius 1 is 1.22 bits per heavy atom. The number of ether oxygens (including phenoxy) is 1. The molecule has 2 aromatic carbocycles. The molecule has 0 bridgehead atoms. The normalized spacial score (nSPS) is 10.4. The van der Waals surface area contributed by atoms with Gasteiger partial charge in [0.15, 0.2) is 5.69 Å². The Morgan fingerprint density at radius 3 is 2.65 bits per heavy atom. The highest BCUT2D eigenvalue weighted by atomic mass is 16.5. The monoisotopic (exact) mass is 305 g/mol. The zero-order chi connectivity index (χ0) is 16.2. The van der Waals surface area contributed by atoms with Crippen molar-refractivity contribution in [3.63, 3.8) is 0 Å². The fourth-order valence-electron chi connectivity index (χ4n) is 2.46. The first-order chi connectivity index (χ1) is 11.2. The average Bonchev–Trinajstić information content (AvgIpc) is 2.95. The Hall–Kier alpha value is -3.13. The molecule has 3 aromatic rings. The van der Waals surface area contributed by atoms with Crippen LogP contribution in [0.2, 0.25) is 0 Å². The van der Waals surface area contributed by atoms with Gasteiger partial charge in [0, 0.05) is 5.39 Å². The molecule has 3 rings (SSSR count). The highest BCUT2D eigenvalue weighted by Gasteiger charge is 2.17. The molecule has 0 amide bonds. The molecule has 0 spiro atoms. The number of esters is 1. The maximum absolute atomic E-state index is 12.1. The summed E-state index contributed by atoms with van der Waals surface area (Å²) < 4.78 is 6.86. The van der Waals surface area contributed by atoms with Gasteiger partial charge in [0.05, 0.1) is 30.3 Å². The van der Waals surface area contributed by atoms with Crippen LogP contribution in [0.4, 0.5) is 0 Å². The van der Waals surface area contributed by atoms with Crippen molar-refractivity contribution in [2.45, 2.75) is 13.5 Å². The number of carbonyl (C=O) groups excluding carboxylic acids is 1. The molecule has 0 radical (unpaired) electrons. The molecule has 0 saturated carbocycles. The molecule has 0 N–H and O–H groups in total. The third kappa shape index (κ3) is 2.92. The SMILES string of the molecule is CCOC(=O)c1nn(Cc2ccc(C#N)cc2)c2ccccc12. The molecule has 1 aromatic heterocycles. The molecule has 0 fully saturated rings. The van der Waals surface area contributed by atoms with Crippen LogP contribution in [0.3, 0.4) is 0 Å². The first-order valence-corrected chi connectivity index (χ1v) is 7.34. The van der Waals surface area contributed by atoms with Crippen LogP contribution in [0.5, 0.6) is 0 Å². The number of hydrogen-bond acceptors (Lipinski definition) is 4. The van der Waals surface area contributed by atoms with Crippen molar-refractivity contribution in [1.82, 2.24) is 9.78 Å². The molecular weight excluding hydrogens is 290 g/mol. The van der Waals surface area contributed by atoms with E-state index in [9.17, 15) is 4.79 Å². The van der Waals surface area contributed by atoms with Gasteiger partial charge in [0.1, 0.15) is 0 Å². The summed E-state index contributed by atoms with van der Waals surface area (Å²) in [4.78, 5) is 12.1. The molecule has 0 saturated heterocycles. The van der Waals surface area contributed by atoms with Crippen molar-refractivity contribution in [3.05, 3.63) is 65.4 Å². The minimum atomic E-state index is -0.415. The second-order valence-corrected chi connectivity index (χ2v) is 5.05. The van der Waals surface area contributed by atoms with Gasteiger partial charge < -0.3 is 4.74 Å². The molecule has 5 heteroatoms. The van der Waals surface area contributed by atoms with E-state index in [1.165, 1.54) is 0 Å². The molecule has 5 nitrogen and oxygen atoms in total. The average molecular weight is 305 g/mol. The smallest absolute Gasteiger partial charge is 0.359 e. The van der Waals surface area contributed by atoms with Crippen molar-refractivity contribution in [1.29, 1.82) is 5.26 Å². The topological polar surface area (TPSA) is 67.9 Å². The van der Waals surface area contributed by atoms with Gasteiger partial charge in [-0.3, -0.25) is 4.68 Å². The quantitative estimate of drug-likeness (QED) is 0.694. The van der Waals surface area contributed by atoms with Crippen LogP contribution in [0, 0.1) is 11.3 Å². The van der Waals surface area contributed by atoms with E-state index in [1.54, 1.807) is 23.7 Å². The lowest BCUT2D eigenvalue weighted by molar-refractivity contribution is 0.0520. The van der Waals surface area contributed by atoms with Gasteiger partial charge in [-0.05, 0) is 30.7 Å². The summed E-state index contributed by atoms with van der Waals surface area (Å²) in [5.41, 5.74) is 2.83. The van der Waals surface area contributed by atoms with Crippen molar-refractivity contribution < 1.29 is 9.53 Å². The van der Waals surface area contributed by atoms with Crippen molar-refractivity contribution in [3.8, 4) is 6.07 Å². The number of para-hydroxylation sites is 1. The molecular formula is C18H15N3O2. The van der Waals surface area contributed by atoms with Crippen molar-refractivity contribution in [2.24, 2.45) is 0 Å². The molecule has 0 atom stereocenters. The summed E-state index contributed by atoms with van der Waals surface area (Å²) in [7, 11) is 0. The summed E-state index contributed by atoms with van der Waals surface area (Å²) in [6.07, 6.45) is 0. The van der Waals surface area contributed by atoms with Gasteiger partial charge in [-0.2, -0.15) is 10.4 Å². The highest BCUT2D eigenvalue weighted by molar-refractivity contribution is 6.02. The van der Waals surface area contributed by atoms with E-state index >= 15 is 0 Å². The maximum Gasteiger partial charge on any atom is 0.359 e. The van der Waals surface area contributed by atoms with Crippen LogP contribution in [0.15, 0.2) is 48.5 Å². The molecule has 1 heterocycles. The van der Waals surface area contributed by atoms with E-state index < -0.39 is 5.97 Å². The number of fused-ring (bicyclic) bond motifs is 1. The molecule has 114 valence electrons. The van der Waals surface area contributed by atoms with Gasteiger partial charge in [0.2, 0.25) is 0 Å². The standard InChI is InChI=1S/C18H15N3O2/c1-2-23-18(22)17-15-5-3-4-6-16(15)21(20-17)12-14-9-7-13(11-19)8-10-14/h3-10H,2,12H2,1H3. The molecule has 0 unspecified atom stereocenters. The number of rotatable bonds is 4. The van der Waals surface area contributed by atoms with Gasteiger partial charge in [-0.1, -0.05) is 30.3 Å². The van der Waals surface area contributed by atoms with Gasteiger partial charge in [-0.15, -0.1) is 0 Å². The first-order valence-electron chi connectivity index (χ1n) is 7.34. The highest BCUT2D eigenvalue weighted by Crippen LogP contribution is 2.20. The maximum atomic E-state index is 12.1. The Kier molecular flexibility index (Phi) is 4.07. The number of hydrogen-bond donors (Lipinski definition) is 0. The third-order valence-corrected chi connectivity index (χ3v) is 3.54. The molecule has 0 aliphatic carbocycles. The Bertz CT molecular complexity index is 889. The summed E-state index contributed by atoms with van der Waals surface area (Å²) >= 11 is 0. The van der Waals surface area contributed by atoms with E-state index in [2.05, 4.69) is 11.2 Å². The fraction of sp³-hybridized carbons (Fsp3) is 0.167. The van der Waals surface area contributed by atoms with Gasteiger partial charge in [-0.25, -0.2) is 4.79 Å². The second-order valence-electron chi connectivity index (χ2n) is 5.05. The van der Waals surface area contributed by atoms with E-state index in [-0.39, 0.29) is 0 Å². The van der Waals surface area contributed by atoms with Crippen molar-refractivity contribution in [2.75, 3.05) is 6.61 Å². The van der Waals surface area contributed by atoms with Crippen molar-refractivity contribution >= 4 is 16.9 Å². The summed E-state index contributed by atoms with van der Waals surface area (Å²) in [5.74, 6) is -0.415. The largest absolute Gasteiger partial charge is 0.461 e. The summed E-state index contributed by atoms with van der Waals surface area (Å²) in [6.45, 7) is 2.61. The third-order valence-electron chi connectivity index (χ3n) is 3.54. The lowest BCUT2D eigenvalue weighted by atomic mass is 10.1. The zero-order valence-corrected chi connectivity index (χ0v) is 12.7. The number of nitriles is 1. The number of benzene rings is 2. The predicted molar refractivity (Wildman–Crippen MR) is 85.9 cm³/mol. The lowest BCUT2D eigenvalue weighted by Crippen LogP contribution is -2.08. The van der Waals surface area contributed by atoms with E-state index in [4.69, 9.17) is 10.00 Å². The van der Waals surface area contributed by atoms with Crippen LogP contribution in [0.25, 0.3) is 10.9 Å². The van der Waals surface area contributed by atoms with Gasteiger partial charge in [0.25, 0.3) is 0 Å².